The van der Waals surface area contributed by atoms with Crippen molar-refractivity contribution in [2.75, 3.05) is 7.11 Å². The molecule has 0 aliphatic heterocycles. The van der Waals surface area contributed by atoms with E-state index in [4.69, 9.17) is 16.3 Å². The molecule has 0 bridgehead atoms. The Balaban J connectivity index is 2.13. The Morgan fingerprint density at radius 2 is 1.90 bits per heavy atom. The van der Waals surface area contributed by atoms with Crippen LogP contribution >= 0.6 is 11.6 Å². The molecule has 4 heteroatoms. The van der Waals surface area contributed by atoms with Crippen LogP contribution in [0, 0.1) is 5.82 Å². The van der Waals surface area contributed by atoms with Gasteiger partial charge in [-0.05, 0) is 23.3 Å². The minimum Gasteiger partial charge on any atom is -0.388 e. The number of aliphatic hydroxyl groups is 1. The highest BCUT2D eigenvalue weighted by Gasteiger charge is 2.14. The van der Waals surface area contributed by atoms with Crippen molar-refractivity contribution >= 4 is 11.6 Å². The summed E-state index contributed by atoms with van der Waals surface area (Å²) >= 11 is 5.96. The van der Waals surface area contributed by atoms with Crippen LogP contribution in [0.15, 0.2) is 42.5 Å². The van der Waals surface area contributed by atoms with Gasteiger partial charge >= 0.3 is 0 Å². The van der Waals surface area contributed by atoms with Crippen LogP contribution in [-0.2, 0) is 17.8 Å². The summed E-state index contributed by atoms with van der Waals surface area (Å²) in [5.41, 5.74) is 2.08. The van der Waals surface area contributed by atoms with Gasteiger partial charge in [-0.3, -0.25) is 0 Å². The molecule has 0 amide bonds. The Hall–Kier alpha value is -1.42. The highest BCUT2D eigenvalue weighted by atomic mass is 35.5. The van der Waals surface area contributed by atoms with Crippen LogP contribution in [0.5, 0.6) is 0 Å². The molecule has 1 N–H and O–H groups in total. The Labute approximate surface area is 122 Å². The van der Waals surface area contributed by atoms with E-state index in [9.17, 15) is 9.50 Å². The van der Waals surface area contributed by atoms with Gasteiger partial charge in [-0.15, -0.1) is 0 Å². The van der Waals surface area contributed by atoms with Gasteiger partial charge < -0.3 is 9.84 Å². The summed E-state index contributed by atoms with van der Waals surface area (Å²) < 4.78 is 18.7. The molecule has 2 aromatic rings. The van der Waals surface area contributed by atoms with Crippen molar-refractivity contribution in [3.8, 4) is 0 Å². The molecule has 0 radical (unpaired) electrons. The molecule has 20 heavy (non-hydrogen) atoms. The molecule has 0 saturated carbocycles. The maximum atomic E-state index is 13.7. The molecular weight excluding hydrogens is 279 g/mol. The van der Waals surface area contributed by atoms with Crippen molar-refractivity contribution < 1.29 is 14.2 Å². The van der Waals surface area contributed by atoms with Crippen molar-refractivity contribution in [2.45, 2.75) is 19.1 Å². The van der Waals surface area contributed by atoms with Gasteiger partial charge in [0.15, 0.2) is 0 Å². The first kappa shape index (κ1) is 15.0. The second-order valence-electron chi connectivity index (χ2n) is 4.59. The fraction of sp³-hybridized carbons (Fsp3) is 0.250. The Bertz CT molecular complexity index is 549. The summed E-state index contributed by atoms with van der Waals surface area (Å²) in [6.07, 6.45) is -0.643. The van der Waals surface area contributed by atoms with Gasteiger partial charge in [0.05, 0.1) is 12.7 Å². The lowest BCUT2D eigenvalue weighted by Gasteiger charge is -2.13. The highest BCUT2D eigenvalue weighted by Crippen LogP contribution is 2.26. The number of aliphatic hydroxyl groups excluding tert-OH is 1. The van der Waals surface area contributed by atoms with E-state index in [1.807, 2.05) is 24.3 Å². The lowest BCUT2D eigenvalue weighted by molar-refractivity contribution is 0.176. The monoisotopic (exact) mass is 294 g/mol. The minimum atomic E-state index is -0.791. The maximum Gasteiger partial charge on any atom is 0.127 e. The second-order valence-corrected chi connectivity index (χ2v) is 5.00. The summed E-state index contributed by atoms with van der Waals surface area (Å²) in [6, 6.07) is 11.9. The van der Waals surface area contributed by atoms with Crippen molar-refractivity contribution in [1.82, 2.24) is 0 Å². The van der Waals surface area contributed by atoms with E-state index in [2.05, 4.69) is 0 Å². The fourth-order valence-corrected chi connectivity index (χ4v) is 2.28. The van der Waals surface area contributed by atoms with Gasteiger partial charge in [-0.2, -0.15) is 0 Å². The van der Waals surface area contributed by atoms with E-state index in [1.54, 1.807) is 19.2 Å². The average molecular weight is 295 g/mol. The number of rotatable bonds is 5. The molecule has 2 aromatic carbocycles. The lowest BCUT2D eigenvalue weighted by Crippen LogP contribution is -2.04. The lowest BCUT2D eigenvalue weighted by atomic mass is 10.00. The van der Waals surface area contributed by atoms with Gasteiger partial charge in [-0.1, -0.05) is 41.9 Å². The van der Waals surface area contributed by atoms with Crippen LogP contribution < -0.4 is 0 Å². The molecule has 0 aliphatic carbocycles. The first-order valence-electron chi connectivity index (χ1n) is 6.30. The fourth-order valence-electron chi connectivity index (χ4n) is 2.04. The summed E-state index contributed by atoms with van der Waals surface area (Å²) in [5, 5.41) is 10.5. The third kappa shape index (κ3) is 3.57. The SMILES string of the molecule is COCc1ccc(C(O)Cc2c(F)cccc2Cl)cc1. The zero-order valence-corrected chi connectivity index (χ0v) is 11.9. The van der Waals surface area contributed by atoms with Crippen molar-refractivity contribution in [1.29, 1.82) is 0 Å². The van der Waals surface area contributed by atoms with E-state index < -0.39 is 11.9 Å². The number of hydrogen-bond donors (Lipinski definition) is 1. The van der Waals surface area contributed by atoms with E-state index in [1.165, 1.54) is 6.07 Å². The molecule has 0 heterocycles. The molecule has 1 atom stereocenters. The van der Waals surface area contributed by atoms with Crippen molar-refractivity contribution in [2.24, 2.45) is 0 Å². The quantitative estimate of drug-likeness (QED) is 0.906. The van der Waals surface area contributed by atoms with Crippen LogP contribution in [0.2, 0.25) is 5.02 Å². The topological polar surface area (TPSA) is 29.5 Å². The predicted octanol–water partition coefficient (Wildman–Crippen LogP) is 3.90. The first-order valence-corrected chi connectivity index (χ1v) is 6.68. The standard InChI is InChI=1S/C16H16ClFO2/c1-20-10-11-5-7-12(8-6-11)16(19)9-13-14(17)3-2-4-15(13)18/h2-8,16,19H,9-10H2,1H3. The van der Waals surface area contributed by atoms with Crippen LogP contribution in [-0.4, -0.2) is 12.2 Å². The molecule has 106 valence electrons. The molecule has 0 aromatic heterocycles. The highest BCUT2D eigenvalue weighted by molar-refractivity contribution is 6.31. The Kier molecular flexibility index (Phi) is 5.12. The number of methoxy groups -OCH3 is 1. The second kappa shape index (κ2) is 6.84. The Morgan fingerprint density at radius 3 is 2.50 bits per heavy atom. The molecule has 0 saturated heterocycles. The number of halogens is 2. The molecule has 2 rings (SSSR count). The van der Waals surface area contributed by atoms with Gasteiger partial charge in [0.2, 0.25) is 0 Å². The van der Waals surface area contributed by atoms with Gasteiger partial charge in [0.25, 0.3) is 0 Å². The zero-order chi connectivity index (χ0) is 14.5. The Morgan fingerprint density at radius 1 is 1.20 bits per heavy atom. The molecule has 1 unspecified atom stereocenters. The average Bonchev–Trinajstić information content (AvgIpc) is 2.44. The summed E-state index contributed by atoms with van der Waals surface area (Å²) in [6.45, 7) is 0.523. The van der Waals surface area contributed by atoms with Crippen LogP contribution in [0.4, 0.5) is 4.39 Å². The third-order valence-electron chi connectivity index (χ3n) is 3.13. The van der Waals surface area contributed by atoms with Crippen LogP contribution in [0.3, 0.4) is 0 Å². The maximum absolute atomic E-state index is 13.7. The number of ether oxygens (including phenoxy) is 1. The summed E-state index contributed by atoms with van der Waals surface area (Å²) in [7, 11) is 1.63. The molecule has 0 fully saturated rings. The number of benzene rings is 2. The normalized spacial score (nSPS) is 12.4. The van der Waals surface area contributed by atoms with Gasteiger partial charge in [-0.25, -0.2) is 4.39 Å². The summed E-state index contributed by atoms with van der Waals surface area (Å²) in [4.78, 5) is 0. The van der Waals surface area contributed by atoms with Crippen LogP contribution in [0.25, 0.3) is 0 Å². The zero-order valence-electron chi connectivity index (χ0n) is 11.1. The summed E-state index contributed by atoms with van der Waals surface area (Å²) in [5.74, 6) is -0.396. The predicted molar refractivity (Wildman–Crippen MR) is 77.2 cm³/mol. The van der Waals surface area contributed by atoms with E-state index in [0.29, 0.717) is 17.2 Å². The number of hydrogen-bond acceptors (Lipinski definition) is 2. The van der Waals surface area contributed by atoms with Gasteiger partial charge in [0, 0.05) is 24.1 Å². The van der Waals surface area contributed by atoms with Gasteiger partial charge in [0.1, 0.15) is 5.82 Å². The molecule has 0 spiro atoms. The van der Waals surface area contributed by atoms with E-state index in [-0.39, 0.29) is 6.42 Å². The van der Waals surface area contributed by atoms with E-state index in [0.717, 1.165) is 11.1 Å². The minimum absolute atomic E-state index is 0.148. The van der Waals surface area contributed by atoms with Crippen molar-refractivity contribution in [3.63, 3.8) is 0 Å². The molecule has 2 nitrogen and oxygen atoms in total. The van der Waals surface area contributed by atoms with E-state index >= 15 is 0 Å². The molecule has 0 aliphatic rings. The third-order valence-corrected chi connectivity index (χ3v) is 3.49. The largest absolute Gasteiger partial charge is 0.388 e. The smallest absolute Gasteiger partial charge is 0.127 e. The van der Waals surface area contributed by atoms with Crippen LogP contribution in [0.1, 0.15) is 22.8 Å². The van der Waals surface area contributed by atoms with Crippen molar-refractivity contribution in [3.05, 3.63) is 70.0 Å². The molecular formula is C16H16ClFO2. The first-order chi connectivity index (χ1) is 9.61.